The van der Waals surface area contributed by atoms with E-state index in [0.717, 1.165) is 0 Å². The van der Waals surface area contributed by atoms with E-state index >= 15 is 0 Å². The number of halogens is 1. The highest BCUT2D eigenvalue weighted by atomic mass is 19.1. The average Bonchev–Trinajstić information content (AvgIpc) is 3.34. The molecule has 1 amide bonds. The van der Waals surface area contributed by atoms with Crippen molar-refractivity contribution in [1.29, 1.82) is 0 Å². The van der Waals surface area contributed by atoms with Crippen LogP contribution < -0.4 is 5.73 Å². The minimum atomic E-state index is -0.540. The summed E-state index contributed by atoms with van der Waals surface area (Å²) in [7, 11) is 1.77. The fraction of sp³-hybridized carbons (Fsp3) is 0.118. The van der Waals surface area contributed by atoms with Crippen molar-refractivity contribution in [2.45, 2.75) is 6.42 Å². The molecule has 4 rings (SSSR count). The summed E-state index contributed by atoms with van der Waals surface area (Å²) in [5.74, 6) is -0.238. The van der Waals surface area contributed by atoms with Crippen molar-refractivity contribution >= 4 is 5.91 Å². The quantitative estimate of drug-likeness (QED) is 0.550. The predicted octanol–water partition coefficient (Wildman–Crippen LogP) is 1.22. The van der Waals surface area contributed by atoms with Crippen LogP contribution in [0.15, 0.2) is 42.7 Å². The smallest absolute Gasteiger partial charge is 0.225 e. The summed E-state index contributed by atoms with van der Waals surface area (Å²) in [4.78, 5) is 15.6. The number of aromatic nitrogens is 7. The van der Waals surface area contributed by atoms with E-state index in [4.69, 9.17) is 5.73 Å². The molecule has 4 aromatic rings. The number of amides is 1. The van der Waals surface area contributed by atoms with E-state index in [1.807, 2.05) is 0 Å². The summed E-state index contributed by atoms with van der Waals surface area (Å²) in [6, 6.07) is 8.02. The van der Waals surface area contributed by atoms with Gasteiger partial charge in [-0.15, -0.1) is 5.10 Å². The van der Waals surface area contributed by atoms with Crippen LogP contribution in [0.2, 0.25) is 0 Å². The van der Waals surface area contributed by atoms with E-state index in [2.05, 4.69) is 25.4 Å². The number of rotatable bonds is 5. The summed E-state index contributed by atoms with van der Waals surface area (Å²) in [5.41, 5.74) is 7.22. The van der Waals surface area contributed by atoms with E-state index in [9.17, 15) is 9.18 Å². The average molecular weight is 366 g/mol. The SMILES string of the molecule is Cn1cc(-n2nc(CC(N)=O)nc2-c2cc(-c3ccccc3F)n[nH]2)cn1. The van der Waals surface area contributed by atoms with Crippen LogP contribution in [0.3, 0.4) is 0 Å². The van der Waals surface area contributed by atoms with Gasteiger partial charge in [-0.05, 0) is 18.2 Å². The van der Waals surface area contributed by atoms with Gasteiger partial charge in [-0.25, -0.2) is 14.1 Å². The molecule has 0 spiro atoms. The molecular weight excluding hydrogens is 351 g/mol. The standard InChI is InChI=1S/C17H15FN8O/c1-25-9-10(8-20-25)26-17(21-16(24-26)7-15(19)27)14-6-13(22-23-14)11-4-2-3-5-12(11)18/h2-6,8-9H,7H2,1H3,(H2,19,27)(H,22,23). The minimum Gasteiger partial charge on any atom is -0.369 e. The van der Waals surface area contributed by atoms with Gasteiger partial charge in [0.25, 0.3) is 0 Å². The molecule has 0 unspecified atom stereocenters. The Labute approximate surface area is 152 Å². The Kier molecular flexibility index (Phi) is 3.99. The number of hydrogen-bond acceptors (Lipinski definition) is 5. The highest BCUT2D eigenvalue weighted by molar-refractivity contribution is 5.76. The zero-order valence-corrected chi connectivity index (χ0v) is 14.3. The third kappa shape index (κ3) is 3.19. The van der Waals surface area contributed by atoms with Crippen LogP contribution in [0.1, 0.15) is 5.82 Å². The molecular formula is C17H15FN8O. The summed E-state index contributed by atoms with van der Waals surface area (Å²) in [5, 5.41) is 15.5. The van der Waals surface area contributed by atoms with Gasteiger partial charge < -0.3 is 5.73 Å². The lowest BCUT2D eigenvalue weighted by molar-refractivity contribution is -0.117. The number of aromatic amines is 1. The molecule has 0 aliphatic carbocycles. The molecule has 3 heterocycles. The molecule has 0 saturated carbocycles. The van der Waals surface area contributed by atoms with E-state index in [-0.39, 0.29) is 18.1 Å². The molecule has 10 heteroatoms. The Morgan fingerprint density at radius 1 is 1.33 bits per heavy atom. The van der Waals surface area contributed by atoms with Gasteiger partial charge in [0, 0.05) is 12.6 Å². The fourth-order valence-electron chi connectivity index (χ4n) is 2.70. The van der Waals surface area contributed by atoms with Crippen molar-refractivity contribution < 1.29 is 9.18 Å². The number of nitrogens with two attached hydrogens (primary N) is 1. The second-order valence-corrected chi connectivity index (χ2v) is 5.93. The number of nitrogens with one attached hydrogen (secondary N) is 1. The zero-order valence-electron chi connectivity index (χ0n) is 14.3. The normalized spacial score (nSPS) is 11.0. The molecule has 0 bridgehead atoms. The molecule has 3 N–H and O–H groups in total. The summed E-state index contributed by atoms with van der Waals surface area (Å²) in [6.45, 7) is 0. The second kappa shape index (κ2) is 6.48. The Morgan fingerprint density at radius 3 is 2.85 bits per heavy atom. The number of aryl methyl sites for hydroxylation is 1. The first-order valence-electron chi connectivity index (χ1n) is 8.05. The van der Waals surface area contributed by atoms with Crippen molar-refractivity contribution in [2.75, 3.05) is 0 Å². The van der Waals surface area contributed by atoms with E-state index in [1.165, 1.54) is 10.7 Å². The van der Waals surface area contributed by atoms with Gasteiger partial charge in [0.15, 0.2) is 11.6 Å². The van der Waals surface area contributed by atoms with Gasteiger partial charge in [0.1, 0.15) is 17.2 Å². The summed E-state index contributed by atoms with van der Waals surface area (Å²) < 4.78 is 17.2. The molecule has 27 heavy (non-hydrogen) atoms. The maximum atomic E-state index is 14.0. The number of H-pyrrole nitrogens is 1. The van der Waals surface area contributed by atoms with Crippen molar-refractivity contribution in [2.24, 2.45) is 12.8 Å². The van der Waals surface area contributed by atoms with Crippen molar-refractivity contribution in [3.8, 4) is 28.5 Å². The lowest BCUT2D eigenvalue weighted by Crippen LogP contribution is -2.14. The number of nitrogens with zero attached hydrogens (tertiary/aromatic N) is 6. The molecule has 0 radical (unpaired) electrons. The Balaban J connectivity index is 1.80. The summed E-state index contributed by atoms with van der Waals surface area (Å²) in [6.07, 6.45) is 3.26. The predicted molar refractivity (Wildman–Crippen MR) is 94.0 cm³/mol. The van der Waals surface area contributed by atoms with Gasteiger partial charge >= 0.3 is 0 Å². The molecule has 9 nitrogen and oxygen atoms in total. The Bertz CT molecular complexity index is 1130. The lowest BCUT2D eigenvalue weighted by Gasteiger charge is -2.00. The highest BCUT2D eigenvalue weighted by Crippen LogP contribution is 2.26. The lowest BCUT2D eigenvalue weighted by atomic mass is 10.1. The summed E-state index contributed by atoms with van der Waals surface area (Å²) >= 11 is 0. The third-order valence-electron chi connectivity index (χ3n) is 3.89. The van der Waals surface area contributed by atoms with Crippen LogP contribution in [0.4, 0.5) is 4.39 Å². The van der Waals surface area contributed by atoms with Crippen LogP contribution in [0, 0.1) is 5.82 Å². The molecule has 0 aliphatic heterocycles. The molecule has 0 aliphatic rings. The third-order valence-corrected chi connectivity index (χ3v) is 3.89. The first-order chi connectivity index (χ1) is 13.0. The van der Waals surface area contributed by atoms with Gasteiger partial charge in [-0.1, -0.05) is 12.1 Å². The molecule has 0 atom stereocenters. The van der Waals surface area contributed by atoms with Crippen LogP contribution in [-0.2, 0) is 18.3 Å². The minimum absolute atomic E-state index is 0.103. The number of benzene rings is 1. The van der Waals surface area contributed by atoms with Crippen molar-refractivity contribution in [1.82, 2.24) is 34.7 Å². The second-order valence-electron chi connectivity index (χ2n) is 5.93. The fourth-order valence-corrected chi connectivity index (χ4v) is 2.70. The van der Waals surface area contributed by atoms with Crippen LogP contribution >= 0.6 is 0 Å². The Hall–Kier alpha value is -3.82. The van der Waals surface area contributed by atoms with Crippen molar-refractivity contribution in [3.63, 3.8) is 0 Å². The van der Waals surface area contributed by atoms with E-state index in [1.54, 1.807) is 48.4 Å². The van der Waals surface area contributed by atoms with Gasteiger partial charge in [-0.2, -0.15) is 10.2 Å². The van der Waals surface area contributed by atoms with Gasteiger partial charge in [0.05, 0.1) is 24.5 Å². The molecule has 3 aromatic heterocycles. The van der Waals surface area contributed by atoms with Crippen LogP contribution in [0.5, 0.6) is 0 Å². The maximum Gasteiger partial charge on any atom is 0.225 e. The molecule has 1 aromatic carbocycles. The van der Waals surface area contributed by atoms with Gasteiger partial charge in [-0.3, -0.25) is 14.6 Å². The largest absolute Gasteiger partial charge is 0.369 e. The first-order valence-corrected chi connectivity index (χ1v) is 8.05. The van der Waals surface area contributed by atoms with Crippen LogP contribution in [-0.4, -0.2) is 40.6 Å². The van der Waals surface area contributed by atoms with E-state index in [0.29, 0.717) is 28.5 Å². The monoisotopic (exact) mass is 366 g/mol. The molecule has 0 fully saturated rings. The number of carbonyl (C=O) groups is 1. The van der Waals surface area contributed by atoms with Crippen LogP contribution in [0.25, 0.3) is 28.5 Å². The van der Waals surface area contributed by atoms with Gasteiger partial charge in [0.2, 0.25) is 5.91 Å². The zero-order chi connectivity index (χ0) is 19.0. The number of hydrogen-bond donors (Lipinski definition) is 2. The molecule has 136 valence electrons. The van der Waals surface area contributed by atoms with E-state index < -0.39 is 5.91 Å². The highest BCUT2D eigenvalue weighted by Gasteiger charge is 2.19. The van der Waals surface area contributed by atoms with Crippen molar-refractivity contribution in [3.05, 3.63) is 54.4 Å². The first kappa shape index (κ1) is 16.6. The number of carbonyl (C=O) groups excluding carboxylic acids is 1. The molecule has 0 saturated heterocycles. The number of primary amides is 1. The maximum absolute atomic E-state index is 14.0. The Morgan fingerprint density at radius 2 is 2.15 bits per heavy atom. The topological polar surface area (TPSA) is 120 Å².